The second-order valence-electron chi connectivity index (χ2n) is 6.95. The zero-order valence-electron chi connectivity index (χ0n) is 18.2. The highest BCUT2D eigenvalue weighted by atomic mass is 32.2. The van der Waals surface area contributed by atoms with Gasteiger partial charge in [-0.15, -0.1) is 0 Å². The molecule has 1 atom stereocenters. The number of nitrogens with one attached hydrogen (secondary N) is 2. The molecule has 2 amide bonds. The molecule has 8 nitrogen and oxygen atoms in total. The molecule has 2 N–H and O–H groups in total. The lowest BCUT2D eigenvalue weighted by Crippen LogP contribution is -2.45. The summed E-state index contributed by atoms with van der Waals surface area (Å²) in [7, 11) is -3.77. The van der Waals surface area contributed by atoms with Crippen LogP contribution in [-0.4, -0.2) is 45.7 Å². The summed E-state index contributed by atoms with van der Waals surface area (Å²) in [5.74, 6) is -0.268. The van der Waals surface area contributed by atoms with Gasteiger partial charge in [0.1, 0.15) is 11.8 Å². The van der Waals surface area contributed by atoms with Gasteiger partial charge >= 0.3 is 0 Å². The number of amides is 2. The third kappa shape index (κ3) is 6.45. The summed E-state index contributed by atoms with van der Waals surface area (Å²) in [6, 6.07) is 12.0. The largest absolute Gasteiger partial charge is 0.494 e. The molecule has 0 aromatic heterocycles. The van der Waals surface area contributed by atoms with Crippen LogP contribution in [0.15, 0.2) is 48.5 Å². The molecule has 0 saturated heterocycles. The molecular formula is C22H29N3O5S. The van der Waals surface area contributed by atoms with Crippen molar-refractivity contribution in [2.24, 2.45) is 0 Å². The number of ether oxygens (including phenoxy) is 1. The number of hydrogen-bond acceptors (Lipinski definition) is 5. The molecule has 2 rings (SSSR count). The zero-order chi connectivity index (χ0) is 23.0. The molecule has 0 aliphatic rings. The first-order valence-corrected chi connectivity index (χ1v) is 11.9. The summed E-state index contributed by atoms with van der Waals surface area (Å²) >= 11 is 0. The Kier molecular flexibility index (Phi) is 8.44. The number of hydrogen-bond donors (Lipinski definition) is 2. The smallest absolute Gasteiger partial charge is 0.253 e. The van der Waals surface area contributed by atoms with Crippen molar-refractivity contribution in [1.82, 2.24) is 5.32 Å². The maximum absolute atomic E-state index is 13.0. The summed E-state index contributed by atoms with van der Waals surface area (Å²) in [6.45, 7) is 6.28. The van der Waals surface area contributed by atoms with E-state index in [-0.39, 0.29) is 5.91 Å². The van der Waals surface area contributed by atoms with E-state index in [0.29, 0.717) is 35.8 Å². The van der Waals surface area contributed by atoms with Gasteiger partial charge in [-0.1, -0.05) is 19.1 Å². The standard InChI is InChI=1S/C22H29N3O5S/c1-5-15-23-22(27)19-9-7-8-10-20(19)24-21(26)16(3)25(31(4,28)29)17-11-13-18(14-12-17)30-6-2/h7-14,16H,5-6,15H2,1-4H3,(H,23,27)(H,24,26)/t16-/m1/s1. The second-order valence-corrected chi connectivity index (χ2v) is 8.81. The normalized spacial score (nSPS) is 12.0. The SMILES string of the molecule is CCCNC(=O)c1ccccc1NC(=O)[C@@H](C)N(c1ccc(OCC)cc1)S(C)(=O)=O. The fraction of sp³-hybridized carbons (Fsp3) is 0.364. The minimum Gasteiger partial charge on any atom is -0.494 e. The number of rotatable bonds is 10. The highest BCUT2D eigenvalue weighted by Crippen LogP contribution is 2.25. The number of carbonyl (C=O) groups excluding carboxylic acids is 2. The van der Waals surface area contributed by atoms with Crippen LogP contribution >= 0.6 is 0 Å². The van der Waals surface area contributed by atoms with Crippen molar-refractivity contribution >= 4 is 33.2 Å². The Morgan fingerprint density at radius 1 is 1.06 bits per heavy atom. The molecule has 2 aromatic carbocycles. The van der Waals surface area contributed by atoms with Crippen LogP contribution in [0.1, 0.15) is 37.6 Å². The molecule has 0 aliphatic heterocycles. The Bertz CT molecular complexity index is 1010. The first-order valence-electron chi connectivity index (χ1n) is 10.1. The minimum atomic E-state index is -3.77. The number of benzene rings is 2. The molecule has 2 aromatic rings. The van der Waals surface area contributed by atoms with E-state index in [4.69, 9.17) is 4.74 Å². The molecule has 168 valence electrons. The third-order valence-corrected chi connectivity index (χ3v) is 5.70. The van der Waals surface area contributed by atoms with Gasteiger partial charge in [0, 0.05) is 6.54 Å². The van der Waals surface area contributed by atoms with E-state index in [1.807, 2.05) is 13.8 Å². The number of nitrogens with zero attached hydrogens (tertiary/aromatic N) is 1. The zero-order valence-corrected chi connectivity index (χ0v) is 19.0. The highest BCUT2D eigenvalue weighted by Gasteiger charge is 2.29. The van der Waals surface area contributed by atoms with E-state index in [2.05, 4.69) is 10.6 Å². The van der Waals surface area contributed by atoms with Crippen molar-refractivity contribution in [2.45, 2.75) is 33.2 Å². The third-order valence-electron chi connectivity index (χ3n) is 4.46. The Morgan fingerprint density at radius 2 is 1.71 bits per heavy atom. The second kappa shape index (κ2) is 10.8. The molecule has 0 fully saturated rings. The molecule has 31 heavy (non-hydrogen) atoms. The summed E-state index contributed by atoms with van der Waals surface area (Å²) < 4.78 is 31.4. The molecule has 0 heterocycles. The Morgan fingerprint density at radius 3 is 2.29 bits per heavy atom. The molecule has 0 spiro atoms. The van der Waals surface area contributed by atoms with Crippen LogP contribution in [0.2, 0.25) is 0 Å². The predicted octanol–water partition coefficient (Wildman–Crippen LogP) is 3.02. The van der Waals surface area contributed by atoms with Crippen LogP contribution in [0, 0.1) is 0 Å². The first-order chi connectivity index (χ1) is 14.7. The lowest BCUT2D eigenvalue weighted by molar-refractivity contribution is -0.116. The Labute approximate surface area is 183 Å². The maximum atomic E-state index is 13.0. The van der Waals surface area contributed by atoms with Crippen LogP contribution in [0.25, 0.3) is 0 Å². The van der Waals surface area contributed by atoms with Crippen molar-refractivity contribution in [3.05, 3.63) is 54.1 Å². The summed E-state index contributed by atoms with van der Waals surface area (Å²) in [4.78, 5) is 25.4. The fourth-order valence-electron chi connectivity index (χ4n) is 3.03. The van der Waals surface area contributed by atoms with Crippen molar-refractivity contribution in [2.75, 3.05) is 29.0 Å². The number of carbonyl (C=O) groups is 2. The van der Waals surface area contributed by atoms with Gasteiger partial charge < -0.3 is 15.4 Å². The molecule has 0 aliphatic carbocycles. The number of para-hydroxylation sites is 1. The van der Waals surface area contributed by atoms with E-state index < -0.39 is 22.0 Å². The molecular weight excluding hydrogens is 418 g/mol. The van der Waals surface area contributed by atoms with Gasteiger partial charge in [-0.3, -0.25) is 13.9 Å². The predicted molar refractivity (Wildman–Crippen MR) is 122 cm³/mol. The van der Waals surface area contributed by atoms with Crippen LogP contribution in [0.4, 0.5) is 11.4 Å². The molecule has 9 heteroatoms. The quantitative estimate of drug-likeness (QED) is 0.583. The Hall–Kier alpha value is -3.07. The van der Waals surface area contributed by atoms with Gasteiger partial charge in [0.2, 0.25) is 15.9 Å². The van der Waals surface area contributed by atoms with Crippen LogP contribution in [0.5, 0.6) is 5.75 Å². The number of anilines is 2. The molecule has 0 radical (unpaired) electrons. The van der Waals surface area contributed by atoms with Gasteiger partial charge in [0.05, 0.1) is 29.8 Å². The van der Waals surface area contributed by atoms with Gasteiger partial charge in [0.15, 0.2) is 0 Å². The van der Waals surface area contributed by atoms with Crippen molar-refractivity contribution in [3.8, 4) is 5.75 Å². The highest BCUT2D eigenvalue weighted by molar-refractivity contribution is 7.92. The van der Waals surface area contributed by atoms with E-state index >= 15 is 0 Å². The molecule has 0 saturated carbocycles. The molecule has 0 bridgehead atoms. The average Bonchev–Trinajstić information content (AvgIpc) is 2.73. The molecule has 0 unspecified atom stereocenters. The average molecular weight is 448 g/mol. The van der Waals surface area contributed by atoms with Gasteiger partial charge in [0.25, 0.3) is 5.91 Å². The van der Waals surface area contributed by atoms with Crippen LogP contribution in [-0.2, 0) is 14.8 Å². The van der Waals surface area contributed by atoms with Crippen molar-refractivity contribution in [3.63, 3.8) is 0 Å². The lowest BCUT2D eigenvalue weighted by Gasteiger charge is -2.28. The van der Waals surface area contributed by atoms with Gasteiger partial charge in [-0.2, -0.15) is 0 Å². The van der Waals surface area contributed by atoms with Crippen LogP contribution < -0.4 is 19.7 Å². The van der Waals surface area contributed by atoms with Crippen LogP contribution in [0.3, 0.4) is 0 Å². The minimum absolute atomic E-state index is 0.308. The summed E-state index contributed by atoms with van der Waals surface area (Å²) in [5.41, 5.74) is 0.958. The van der Waals surface area contributed by atoms with E-state index in [9.17, 15) is 18.0 Å². The number of sulfonamides is 1. The van der Waals surface area contributed by atoms with Crippen molar-refractivity contribution in [1.29, 1.82) is 0 Å². The monoisotopic (exact) mass is 447 g/mol. The summed E-state index contributed by atoms with van der Waals surface area (Å²) in [6.07, 6.45) is 1.82. The summed E-state index contributed by atoms with van der Waals surface area (Å²) in [5, 5.41) is 5.46. The topological polar surface area (TPSA) is 105 Å². The van der Waals surface area contributed by atoms with E-state index in [1.165, 1.54) is 6.92 Å². The lowest BCUT2D eigenvalue weighted by atomic mass is 10.1. The maximum Gasteiger partial charge on any atom is 0.253 e. The van der Waals surface area contributed by atoms with E-state index in [1.54, 1.807) is 48.5 Å². The van der Waals surface area contributed by atoms with Crippen molar-refractivity contribution < 1.29 is 22.7 Å². The Balaban J connectivity index is 2.28. The first kappa shape index (κ1) is 24.2. The van der Waals surface area contributed by atoms with Gasteiger partial charge in [-0.05, 0) is 56.7 Å². The van der Waals surface area contributed by atoms with Gasteiger partial charge in [-0.25, -0.2) is 8.42 Å². The fourth-order valence-corrected chi connectivity index (χ4v) is 4.20. The van der Waals surface area contributed by atoms with E-state index in [0.717, 1.165) is 17.0 Å².